The standard InChI is InChI=1S/C20H22F2N2O3S/c1-13-2-5-19(28(23,26)27)16(10-13)20(25)24-8-6-14(7-9-24)11-15-3-4-17(21)18(22)12-15/h2-5,10,12,14H,6-9,11H2,1H3,(H2,23,26,27). The summed E-state index contributed by atoms with van der Waals surface area (Å²) < 4.78 is 50.0. The van der Waals surface area contributed by atoms with E-state index in [1.54, 1.807) is 24.0 Å². The number of hydrogen-bond donors (Lipinski definition) is 1. The largest absolute Gasteiger partial charge is 0.339 e. The van der Waals surface area contributed by atoms with Crippen LogP contribution in [0, 0.1) is 24.5 Å². The Balaban J connectivity index is 1.69. The second kappa shape index (κ2) is 7.97. The second-order valence-electron chi connectivity index (χ2n) is 7.23. The second-order valence-corrected chi connectivity index (χ2v) is 8.76. The van der Waals surface area contributed by atoms with Crippen molar-refractivity contribution < 1.29 is 22.0 Å². The molecular formula is C20H22F2N2O3S. The first-order chi connectivity index (χ1) is 13.1. The molecule has 0 aromatic heterocycles. The number of sulfonamides is 1. The molecule has 1 fully saturated rings. The molecule has 2 N–H and O–H groups in total. The fraction of sp³-hybridized carbons (Fsp3) is 0.350. The van der Waals surface area contributed by atoms with Gasteiger partial charge in [0.1, 0.15) is 0 Å². The van der Waals surface area contributed by atoms with E-state index in [1.165, 1.54) is 18.2 Å². The van der Waals surface area contributed by atoms with E-state index < -0.39 is 21.7 Å². The predicted octanol–water partition coefficient (Wildman–Crippen LogP) is 3.02. The first-order valence-electron chi connectivity index (χ1n) is 9.02. The van der Waals surface area contributed by atoms with Gasteiger partial charge in [0.2, 0.25) is 10.0 Å². The van der Waals surface area contributed by atoms with Crippen molar-refractivity contribution in [1.82, 2.24) is 4.90 Å². The van der Waals surface area contributed by atoms with Crippen molar-refractivity contribution in [3.63, 3.8) is 0 Å². The average Bonchev–Trinajstić information content (AvgIpc) is 2.64. The van der Waals surface area contributed by atoms with Gasteiger partial charge in [0.25, 0.3) is 5.91 Å². The molecule has 0 saturated carbocycles. The first-order valence-corrected chi connectivity index (χ1v) is 10.6. The molecule has 1 saturated heterocycles. The van der Waals surface area contributed by atoms with Crippen LogP contribution in [0.1, 0.15) is 34.3 Å². The smallest absolute Gasteiger partial charge is 0.255 e. The van der Waals surface area contributed by atoms with Crippen molar-refractivity contribution in [3.8, 4) is 0 Å². The molecule has 2 aromatic carbocycles. The Morgan fingerprint density at radius 1 is 1.11 bits per heavy atom. The van der Waals surface area contributed by atoms with Crippen molar-refractivity contribution in [2.24, 2.45) is 11.1 Å². The number of nitrogens with two attached hydrogens (primary N) is 1. The van der Waals surface area contributed by atoms with Crippen molar-refractivity contribution in [3.05, 3.63) is 64.7 Å². The monoisotopic (exact) mass is 408 g/mol. The molecule has 0 aliphatic carbocycles. The van der Waals surface area contributed by atoms with E-state index in [0.717, 1.165) is 17.2 Å². The number of amides is 1. The summed E-state index contributed by atoms with van der Waals surface area (Å²) in [6.07, 6.45) is 1.99. The quantitative estimate of drug-likeness (QED) is 0.845. The van der Waals surface area contributed by atoms with Gasteiger partial charge >= 0.3 is 0 Å². The van der Waals surface area contributed by atoms with Crippen LogP contribution in [0.2, 0.25) is 0 Å². The molecule has 0 spiro atoms. The number of carbonyl (C=O) groups excluding carboxylic acids is 1. The van der Waals surface area contributed by atoms with Crippen molar-refractivity contribution in [1.29, 1.82) is 0 Å². The van der Waals surface area contributed by atoms with Gasteiger partial charge in [0, 0.05) is 13.1 Å². The predicted molar refractivity (Wildman–Crippen MR) is 101 cm³/mol. The van der Waals surface area contributed by atoms with Crippen LogP contribution in [-0.4, -0.2) is 32.3 Å². The lowest BCUT2D eigenvalue weighted by molar-refractivity contribution is 0.0686. The van der Waals surface area contributed by atoms with Crippen molar-refractivity contribution >= 4 is 15.9 Å². The number of piperidine rings is 1. The Hall–Kier alpha value is -2.32. The molecular weight excluding hydrogens is 386 g/mol. The molecule has 3 rings (SSSR count). The molecule has 1 aliphatic heterocycles. The Morgan fingerprint density at radius 3 is 2.39 bits per heavy atom. The van der Waals surface area contributed by atoms with Gasteiger partial charge in [-0.05, 0) is 61.9 Å². The zero-order chi connectivity index (χ0) is 20.5. The van der Waals surface area contributed by atoms with Crippen LogP contribution in [0.4, 0.5) is 8.78 Å². The molecule has 0 radical (unpaired) electrons. The van der Waals surface area contributed by atoms with Gasteiger partial charge in [-0.25, -0.2) is 22.3 Å². The minimum atomic E-state index is -4.01. The van der Waals surface area contributed by atoms with Gasteiger partial charge in [-0.2, -0.15) is 0 Å². The lowest BCUT2D eigenvalue weighted by Crippen LogP contribution is -2.39. The van der Waals surface area contributed by atoms with E-state index in [0.29, 0.717) is 32.4 Å². The van der Waals surface area contributed by atoms with Crippen molar-refractivity contribution in [2.75, 3.05) is 13.1 Å². The highest BCUT2D eigenvalue weighted by atomic mass is 32.2. The molecule has 5 nitrogen and oxygen atoms in total. The summed E-state index contributed by atoms with van der Waals surface area (Å²) in [5.74, 6) is -1.85. The zero-order valence-corrected chi connectivity index (χ0v) is 16.3. The Kier molecular flexibility index (Phi) is 5.81. The maximum atomic E-state index is 13.4. The number of rotatable bonds is 4. The summed E-state index contributed by atoms with van der Waals surface area (Å²) in [6, 6.07) is 8.39. The number of carbonyl (C=O) groups is 1. The minimum Gasteiger partial charge on any atom is -0.339 e. The third-order valence-electron chi connectivity index (χ3n) is 5.08. The zero-order valence-electron chi connectivity index (χ0n) is 15.5. The number of hydrogen-bond acceptors (Lipinski definition) is 3. The van der Waals surface area contributed by atoms with Gasteiger partial charge in [-0.15, -0.1) is 0 Å². The number of aryl methyl sites for hydroxylation is 1. The van der Waals surface area contributed by atoms with Gasteiger partial charge in [-0.1, -0.05) is 17.7 Å². The fourth-order valence-electron chi connectivity index (χ4n) is 3.57. The highest BCUT2D eigenvalue weighted by Crippen LogP contribution is 2.25. The van der Waals surface area contributed by atoms with E-state index >= 15 is 0 Å². The van der Waals surface area contributed by atoms with Crippen LogP contribution in [0.15, 0.2) is 41.3 Å². The lowest BCUT2D eigenvalue weighted by Gasteiger charge is -2.32. The summed E-state index contributed by atoms with van der Waals surface area (Å²) >= 11 is 0. The molecule has 28 heavy (non-hydrogen) atoms. The number of nitrogens with zero attached hydrogens (tertiary/aromatic N) is 1. The van der Waals surface area contributed by atoms with Crippen LogP contribution in [0.25, 0.3) is 0 Å². The number of primary sulfonamides is 1. The summed E-state index contributed by atoms with van der Waals surface area (Å²) in [5, 5.41) is 5.25. The van der Waals surface area contributed by atoms with Crippen LogP contribution in [0.5, 0.6) is 0 Å². The third kappa shape index (κ3) is 4.56. The maximum Gasteiger partial charge on any atom is 0.255 e. The normalized spacial score (nSPS) is 15.6. The summed E-state index contributed by atoms with van der Waals surface area (Å²) in [7, 11) is -4.01. The summed E-state index contributed by atoms with van der Waals surface area (Å²) in [6.45, 7) is 2.70. The minimum absolute atomic E-state index is 0.0848. The Morgan fingerprint density at radius 2 is 1.79 bits per heavy atom. The van der Waals surface area contributed by atoms with Gasteiger partial charge < -0.3 is 4.90 Å². The molecule has 2 aromatic rings. The van der Waals surface area contributed by atoms with E-state index in [9.17, 15) is 22.0 Å². The molecule has 1 amide bonds. The van der Waals surface area contributed by atoms with Crippen LogP contribution < -0.4 is 5.14 Å². The van der Waals surface area contributed by atoms with Crippen LogP contribution in [-0.2, 0) is 16.4 Å². The maximum absolute atomic E-state index is 13.4. The highest BCUT2D eigenvalue weighted by Gasteiger charge is 2.27. The van der Waals surface area contributed by atoms with Crippen LogP contribution >= 0.6 is 0 Å². The lowest BCUT2D eigenvalue weighted by atomic mass is 9.90. The molecule has 0 bridgehead atoms. The Labute approximate surface area is 163 Å². The third-order valence-corrected chi connectivity index (χ3v) is 6.05. The molecule has 150 valence electrons. The number of benzene rings is 2. The van der Waals surface area contributed by atoms with Gasteiger partial charge in [0.15, 0.2) is 11.6 Å². The Bertz CT molecular complexity index is 1000. The first kappa shape index (κ1) is 20.4. The average molecular weight is 408 g/mol. The molecule has 1 heterocycles. The topological polar surface area (TPSA) is 80.5 Å². The summed E-state index contributed by atoms with van der Waals surface area (Å²) in [5.41, 5.74) is 1.57. The van der Waals surface area contributed by atoms with Crippen molar-refractivity contribution in [2.45, 2.75) is 31.1 Å². The number of likely N-dealkylation sites (tertiary alicyclic amines) is 1. The highest BCUT2D eigenvalue weighted by molar-refractivity contribution is 7.89. The van der Waals surface area contributed by atoms with E-state index in [2.05, 4.69) is 0 Å². The molecule has 0 atom stereocenters. The number of halogens is 2. The van der Waals surface area contributed by atoms with E-state index in [1.807, 2.05) is 0 Å². The summed E-state index contributed by atoms with van der Waals surface area (Å²) in [4.78, 5) is 14.3. The van der Waals surface area contributed by atoms with E-state index in [-0.39, 0.29) is 22.3 Å². The SMILES string of the molecule is Cc1ccc(S(N)(=O)=O)c(C(=O)N2CCC(Cc3ccc(F)c(F)c3)CC2)c1. The fourth-order valence-corrected chi connectivity index (χ4v) is 4.28. The van der Waals surface area contributed by atoms with Gasteiger partial charge in [-0.3, -0.25) is 4.79 Å². The molecule has 8 heteroatoms. The molecule has 0 unspecified atom stereocenters. The van der Waals surface area contributed by atoms with Gasteiger partial charge in [0.05, 0.1) is 10.5 Å². The van der Waals surface area contributed by atoms with E-state index in [4.69, 9.17) is 5.14 Å². The molecule has 1 aliphatic rings. The van der Waals surface area contributed by atoms with Crippen LogP contribution in [0.3, 0.4) is 0 Å².